The summed E-state index contributed by atoms with van der Waals surface area (Å²) < 4.78 is 15.9. The van der Waals surface area contributed by atoms with Gasteiger partial charge in [0.05, 0.1) is 0 Å². The van der Waals surface area contributed by atoms with E-state index in [-0.39, 0.29) is 0 Å². The molecule has 0 unspecified atom stereocenters. The molecule has 5 nitrogen and oxygen atoms in total. The van der Waals surface area contributed by atoms with Crippen LogP contribution in [0.25, 0.3) is 22.2 Å². The van der Waals surface area contributed by atoms with Crippen molar-refractivity contribution in [1.82, 2.24) is 10.3 Å². The van der Waals surface area contributed by atoms with Gasteiger partial charge in [-0.3, -0.25) is 0 Å². The molecule has 1 N–H and O–H groups in total. The molecule has 1 aromatic heterocycles. The van der Waals surface area contributed by atoms with Crippen LogP contribution in [0, 0.1) is 3.57 Å². The van der Waals surface area contributed by atoms with E-state index in [0.29, 0.717) is 6.54 Å². The quantitative estimate of drug-likeness (QED) is 0.229. The fourth-order valence-corrected chi connectivity index (χ4v) is 3.65. The van der Waals surface area contributed by atoms with Crippen LogP contribution in [0.15, 0.2) is 40.0 Å². The third kappa shape index (κ3) is 2.35. The Morgan fingerprint density at radius 2 is 1.77 bits per heavy atom. The van der Waals surface area contributed by atoms with Gasteiger partial charge in [0.2, 0.25) is 0 Å². The standard InChI is InChI=1S/C15H10I2N3O2/c16-8-1-2-9-10-6-13-14(20-22-19-13)7-12(10)15(11(9)5-8)18-4-3-17-21/h1-2,5-7,21H,3-4H2/q-1. The van der Waals surface area contributed by atoms with Crippen molar-refractivity contribution >= 4 is 39.3 Å². The molecule has 4 rings (SSSR count). The molecule has 22 heavy (non-hydrogen) atoms. The molecule has 0 bridgehead atoms. The van der Waals surface area contributed by atoms with Crippen LogP contribution in [-0.2, 0) is 0 Å². The fourth-order valence-electron chi connectivity index (χ4n) is 2.70. The Labute approximate surface area is 150 Å². The summed E-state index contributed by atoms with van der Waals surface area (Å²) in [6.45, 7) is 0.651. The summed E-state index contributed by atoms with van der Waals surface area (Å²) in [5, 5.41) is 7.86. The zero-order chi connectivity index (χ0) is 15.1. The first kappa shape index (κ1) is 14.5. The molecule has 112 valence electrons. The van der Waals surface area contributed by atoms with Crippen LogP contribution < -0.4 is 21.6 Å². The normalized spacial score (nSPS) is 14.7. The minimum atomic E-state index is -0.725. The Bertz CT molecular complexity index is 905. The summed E-state index contributed by atoms with van der Waals surface area (Å²) in [4.78, 5) is 4.73. The van der Waals surface area contributed by atoms with E-state index in [4.69, 9.17) is 13.1 Å². The van der Waals surface area contributed by atoms with Gasteiger partial charge < -0.3 is 0 Å². The predicted molar refractivity (Wildman–Crippen MR) is 87.5 cm³/mol. The van der Waals surface area contributed by atoms with E-state index in [1.807, 2.05) is 12.1 Å². The number of fused-ring (bicyclic) bond motifs is 4. The Balaban J connectivity index is 1.95. The molecule has 0 spiro atoms. The Morgan fingerprint density at radius 1 is 1.05 bits per heavy atom. The summed E-state index contributed by atoms with van der Waals surface area (Å²) in [5.74, 6) is 0. The molecular formula is C15H10I2N3O2-. The van der Waals surface area contributed by atoms with Crippen molar-refractivity contribution < 1.29 is 29.7 Å². The van der Waals surface area contributed by atoms with E-state index >= 15 is 0 Å². The molecule has 0 aliphatic heterocycles. The molecule has 0 saturated heterocycles. The average Bonchev–Trinajstić information content (AvgIpc) is 3.08. The van der Waals surface area contributed by atoms with Crippen LogP contribution in [0.3, 0.4) is 0 Å². The number of hydrogen-bond acceptors (Lipinski definition) is 5. The van der Waals surface area contributed by atoms with Crippen molar-refractivity contribution in [3.63, 3.8) is 0 Å². The molecule has 0 amide bonds. The first-order chi connectivity index (χ1) is 10.8. The fraction of sp³-hybridized carbons (Fsp3) is 0.133. The number of rotatable bonds is 3. The molecule has 1 aliphatic carbocycles. The number of nitrogens with zero attached hydrogens (tertiary/aromatic N) is 3. The van der Waals surface area contributed by atoms with Crippen molar-refractivity contribution in [2.24, 2.45) is 4.99 Å². The van der Waals surface area contributed by atoms with Crippen molar-refractivity contribution in [3.8, 4) is 11.1 Å². The number of hydrogen-bond donors (Lipinski definition) is 1. The molecule has 0 saturated carbocycles. The van der Waals surface area contributed by atoms with Crippen molar-refractivity contribution in [3.05, 3.63) is 45.0 Å². The van der Waals surface area contributed by atoms with Gasteiger partial charge in [0.15, 0.2) is 0 Å². The van der Waals surface area contributed by atoms with E-state index in [9.17, 15) is 0 Å². The molecular weight excluding hydrogens is 508 g/mol. The SMILES string of the molecule is O[I-]CCN=C1c2cc(I)ccc2-c2cc3nonc3cc21. The van der Waals surface area contributed by atoms with E-state index in [1.165, 1.54) is 3.57 Å². The maximum absolute atomic E-state index is 9.10. The second kappa shape index (κ2) is 5.85. The van der Waals surface area contributed by atoms with Gasteiger partial charge in [-0.2, -0.15) is 0 Å². The van der Waals surface area contributed by atoms with Gasteiger partial charge in [-0.15, -0.1) is 0 Å². The molecule has 0 radical (unpaired) electrons. The summed E-state index contributed by atoms with van der Waals surface area (Å²) in [6.07, 6.45) is 0. The van der Waals surface area contributed by atoms with Gasteiger partial charge in [0.25, 0.3) is 0 Å². The Morgan fingerprint density at radius 3 is 2.55 bits per heavy atom. The van der Waals surface area contributed by atoms with Crippen LogP contribution in [0.4, 0.5) is 0 Å². The van der Waals surface area contributed by atoms with E-state index < -0.39 is 21.6 Å². The van der Waals surface area contributed by atoms with Crippen LogP contribution in [0.1, 0.15) is 11.1 Å². The van der Waals surface area contributed by atoms with Gasteiger partial charge in [-0.1, -0.05) is 0 Å². The minimum absolute atomic E-state index is 0.651. The summed E-state index contributed by atoms with van der Waals surface area (Å²) in [7, 11) is 0. The van der Waals surface area contributed by atoms with Crippen molar-refractivity contribution in [2.75, 3.05) is 11.0 Å². The van der Waals surface area contributed by atoms with E-state index in [0.717, 1.165) is 43.4 Å². The summed E-state index contributed by atoms with van der Waals surface area (Å²) in [6, 6.07) is 10.4. The first-order valence-corrected chi connectivity index (χ1v) is 10.2. The molecule has 0 atom stereocenters. The monoisotopic (exact) mass is 518 g/mol. The molecule has 1 aliphatic rings. The Kier molecular flexibility index (Phi) is 3.86. The van der Waals surface area contributed by atoms with Crippen LogP contribution in [0.5, 0.6) is 0 Å². The van der Waals surface area contributed by atoms with Crippen molar-refractivity contribution in [2.45, 2.75) is 0 Å². The zero-order valence-electron chi connectivity index (χ0n) is 11.3. The van der Waals surface area contributed by atoms with Gasteiger partial charge in [0, 0.05) is 0 Å². The molecule has 1 heterocycles. The maximum atomic E-state index is 9.10. The van der Waals surface area contributed by atoms with Crippen LogP contribution in [0.2, 0.25) is 0 Å². The Hall–Kier alpha value is -1.07. The average molecular weight is 518 g/mol. The molecule has 2 aromatic carbocycles. The first-order valence-electron chi connectivity index (χ1n) is 6.62. The second-order valence-electron chi connectivity index (χ2n) is 4.88. The number of aliphatic imine (C=N–C) groups is 1. The third-order valence-corrected chi connectivity index (χ3v) is 5.25. The van der Waals surface area contributed by atoms with E-state index in [1.54, 1.807) is 0 Å². The van der Waals surface area contributed by atoms with Crippen molar-refractivity contribution in [1.29, 1.82) is 0 Å². The summed E-state index contributed by atoms with van der Waals surface area (Å²) in [5.41, 5.74) is 6.96. The number of aromatic nitrogens is 2. The third-order valence-electron chi connectivity index (χ3n) is 3.61. The van der Waals surface area contributed by atoms with Gasteiger partial charge in [0.1, 0.15) is 0 Å². The molecule has 0 fully saturated rings. The van der Waals surface area contributed by atoms with Gasteiger partial charge in [-0.25, -0.2) is 0 Å². The van der Waals surface area contributed by atoms with Gasteiger partial charge in [-0.05, 0) is 0 Å². The number of halogens is 2. The molecule has 3 aromatic rings. The predicted octanol–water partition coefficient (Wildman–Crippen LogP) is -0.359. The van der Waals surface area contributed by atoms with Gasteiger partial charge >= 0.3 is 151 Å². The molecule has 7 heteroatoms. The second-order valence-corrected chi connectivity index (χ2v) is 7.89. The topological polar surface area (TPSA) is 71.5 Å². The number of alkyl halides is 1. The summed E-state index contributed by atoms with van der Waals surface area (Å²) >= 11 is 1.59. The van der Waals surface area contributed by atoms with E-state index in [2.05, 4.69) is 51.1 Å². The number of benzene rings is 2. The van der Waals surface area contributed by atoms with Crippen LogP contribution in [-0.4, -0.2) is 30.4 Å². The van der Waals surface area contributed by atoms with Crippen LogP contribution >= 0.6 is 22.6 Å². The zero-order valence-corrected chi connectivity index (χ0v) is 15.6.